The molecule has 0 saturated heterocycles. The van der Waals surface area contributed by atoms with Gasteiger partial charge in [0, 0.05) is 13.1 Å². The summed E-state index contributed by atoms with van der Waals surface area (Å²) < 4.78 is 0. The zero-order chi connectivity index (χ0) is 15.7. The molecule has 3 N–H and O–H groups in total. The van der Waals surface area contributed by atoms with Gasteiger partial charge in [0.2, 0.25) is 5.91 Å². The van der Waals surface area contributed by atoms with Crippen molar-refractivity contribution in [1.29, 1.82) is 0 Å². The van der Waals surface area contributed by atoms with Crippen LogP contribution in [0.15, 0.2) is 24.3 Å². The molecule has 1 aromatic rings. The number of halogens is 1. The van der Waals surface area contributed by atoms with Gasteiger partial charge in [0.1, 0.15) is 0 Å². The standard InChI is InChI=1S/C17H29N3O.ClH/c1-4-9-16(18)17(21)19-12-14-10-7-8-11-15(14)13-20(5-2)6-3;/h7-8,10-11,16H,4-6,9,12-13,18H2,1-3H3,(H,19,21);1H. The van der Waals surface area contributed by atoms with Gasteiger partial charge in [-0.3, -0.25) is 9.69 Å². The number of rotatable bonds is 9. The number of hydrogen-bond donors (Lipinski definition) is 2. The van der Waals surface area contributed by atoms with Crippen molar-refractivity contribution in [3.63, 3.8) is 0 Å². The molecule has 0 aliphatic heterocycles. The van der Waals surface area contributed by atoms with Crippen LogP contribution in [-0.2, 0) is 17.9 Å². The largest absolute Gasteiger partial charge is 0.351 e. The van der Waals surface area contributed by atoms with Gasteiger partial charge in [-0.25, -0.2) is 0 Å². The topological polar surface area (TPSA) is 58.4 Å². The van der Waals surface area contributed by atoms with Crippen molar-refractivity contribution in [1.82, 2.24) is 10.2 Å². The lowest BCUT2D eigenvalue weighted by molar-refractivity contribution is -0.122. The number of carbonyl (C=O) groups is 1. The summed E-state index contributed by atoms with van der Waals surface area (Å²) in [5.41, 5.74) is 8.27. The summed E-state index contributed by atoms with van der Waals surface area (Å²) in [6.07, 6.45) is 1.65. The first-order valence-electron chi connectivity index (χ1n) is 7.94. The molecule has 22 heavy (non-hydrogen) atoms. The number of carbonyl (C=O) groups excluding carboxylic acids is 1. The van der Waals surface area contributed by atoms with Crippen molar-refractivity contribution in [2.75, 3.05) is 13.1 Å². The molecule has 1 aromatic carbocycles. The lowest BCUT2D eigenvalue weighted by Gasteiger charge is -2.20. The molecule has 0 spiro atoms. The highest BCUT2D eigenvalue weighted by Gasteiger charge is 2.12. The highest BCUT2D eigenvalue weighted by Crippen LogP contribution is 2.11. The van der Waals surface area contributed by atoms with Crippen LogP contribution in [0, 0.1) is 0 Å². The van der Waals surface area contributed by atoms with Crippen LogP contribution in [0.4, 0.5) is 0 Å². The maximum absolute atomic E-state index is 11.9. The highest BCUT2D eigenvalue weighted by molar-refractivity contribution is 5.85. The fourth-order valence-electron chi connectivity index (χ4n) is 2.33. The molecule has 1 atom stereocenters. The molecule has 0 aliphatic carbocycles. The third-order valence-electron chi connectivity index (χ3n) is 3.80. The predicted octanol–water partition coefficient (Wildman–Crippen LogP) is 2.69. The third kappa shape index (κ3) is 6.77. The van der Waals surface area contributed by atoms with E-state index in [1.54, 1.807) is 0 Å². The number of hydrogen-bond acceptors (Lipinski definition) is 3. The first-order chi connectivity index (χ1) is 10.1. The van der Waals surface area contributed by atoms with Gasteiger partial charge in [0.25, 0.3) is 0 Å². The van der Waals surface area contributed by atoms with Gasteiger partial charge in [0.15, 0.2) is 0 Å². The summed E-state index contributed by atoms with van der Waals surface area (Å²) in [4.78, 5) is 14.3. The van der Waals surface area contributed by atoms with E-state index in [2.05, 4.69) is 36.2 Å². The summed E-state index contributed by atoms with van der Waals surface area (Å²) in [7, 11) is 0. The quantitative estimate of drug-likeness (QED) is 0.733. The van der Waals surface area contributed by atoms with Crippen LogP contribution in [0.3, 0.4) is 0 Å². The molecule has 126 valence electrons. The van der Waals surface area contributed by atoms with E-state index in [1.165, 1.54) is 11.1 Å². The van der Waals surface area contributed by atoms with Crippen molar-refractivity contribution in [2.45, 2.75) is 52.7 Å². The van der Waals surface area contributed by atoms with Crippen molar-refractivity contribution >= 4 is 18.3 Å². The van der Waals surface area contributed by atoms with Crippen LogP contribution in [0.25, 0.3) is 0 Å². The minimum Gasteiger partial charge on any atom is -0.351 e. The van der Waals surface area contributed by atoms with E-state index in [9.17, 15) is 4.79 Å². The summed E-state index contributed by atoms with van der Waals surface area (Å²) in [6.45, 7) is 9.88. The normalized spacial score (nSPS) is 11.9. The van der Waals surface area contributed by atoms with E-state index < -0.39 is 6.04 Å². The van der Waals surface area contributed by atoms with Crippen LogP contribution < -0.4 is 11.1 Å². The second-order valence-corrected chi connectivity index (χ2v) is 5.34. The van der Waals surface area contributed by atoms with E-state index in [0.717, 1.165) is 32.5 Å². The number of benzene rings is 1. The van der Waals surface area contributed by atoms with Gasteiger partial charge in [0.05, 0.1) is 6.04 Å². The molecule has 0 aliphatic rings. The molecule has 0 fully saturated rings. The molecule has 0 aromatic heterocycles. The summed E-state index contributed by atoms with van der Waals surface area (Å²) >= 11 is 0. The molecule has 0 heterocycles. The lowest BCUT2D eigenvalue weighted by Crippen LogP contribution is -2.40. The summed E-state index contributed by atoms with van der Waals surface area (Å²) in [5, 5.41) is 2.95. The first kappa shape index (κ1) is 20.9. The molecule has 4 nitrogen and oxygen atoms in total. The van der Waals surface area contributed by atoms with Crippen LogP contribution in [0.1, 0.15) is 44.7 Å². The zero-order valence-electron chi connectivity index (χ0n) is 14.0. The second kappa shape index (κ2) is 11.5. The average Bonchev–Trinajstić information content (AvgIpc) is 2.51. The van der Waals surface area contributed by atoms with Crippen LogP contribution >= 0.6 is 12.4 Å². The monoisotopic (exact) mass is 327 g/mol. The van der Waals surface area contributed by atoms with Crippen LogP contribution in [-0.4, -0.2) is 29.9 Å². The molecule has 1 amide bonds. The van der Waals surface area contributed by atoms with E-state index in [0.29, 0.717) is 6.54 Å². The van der Waals surface area contributed by atoms with Gasteiger partial charge < -0.3 is 11.1 Å². The number of nitrogens with two attached hydrogens (primary N) is 1. The maximum atomic E-state index is 11.9. The van der Waals surface area contributed by atoms with Crippen LogP contribution in [0.2, 0.25) is 0 Å². The Morgan fingerprint density at radius 1 is 1.18 bits per heavy atom. The number of nitrogens with zero attached hydrogens (tertiary/aromatic N) is 1. The Balaban J connectivity index is 0.00000441. The van der Waals surface area contributed by atoms with E-state index in [4.69, 9.17) is 5.73 Å². The van der Waals surface area contributed by atoms with Crippen molar-refractivity contribution in [2.24, 2.45) is 5.73 Å². The fourth-order valence-corrected chi connectivity index (χ4v) is 2.33. The number of amides is 1. The van der Waals surface area contributed by atoms with Crippen molar-refractivity contribution in [3.05, 3.63) is 35.4 Å². The van der Waals surface area contributed by atoms with E-state index in [-0.39, 0.29) is 18.3 Å². The Labute approximate surface area is 140 Å². The maximum Gasteiger partial charge on any atom is 0.237 e. The van der Waals surface area contributed by atoms with Gasteiger partial charge in [-0.1, -0.05) is 51.5 Å². The van der Waals surface area contributed by atoms with Gasteiger partial charge in [-0.15, -0.1) is 12.4 Å². The number of nitrogens with one attached hydrogen (secondary N) is 1. The Morgan fingerprint density at radius 3 is 2.32 bits per heavy atom. The minimum absolute atomic E-state index is 0. The molecular formula is C17H30ClN3O. The zero-order valence-corrected chi connectivity index (χ0v) is 14.8. The Hall–Kier alpha value is -1.10. The van der Waals surface area contributed by atoms with E-state index >= 15 is 0 Å². The Bertz CT molecular complexity index is 436. The third-order valence-corrected chi connectivity index (χ3v) is 3.80. The lowest BCUT2D eigenvalue weighted by atomic mass is 10.1. The first-order valence-corrected chi connectivity index (χ1v) is 7.94. The highest BCUT2D eigenvalue weighted by atomic mass is 35.5. The second-order valence-electron chi connectivity index (χ2n) is 5.34. The average molecular weight is 328 g/mol. The summed E-state index contributed by atoms with van der Waals surface area (Å²) in [5.74, 6) is -0.0607. The molecule has 5 heteroatoms. The molecular weight excluding hydrogens is 298 g/mol. The van der Waals surface area contributed by atoms with Gasteiger partial charge in [-0.2, -0.15) is 0 Å². The van der Waals surface area contributed by atoms with Crippen LogP contribution in [0.5, 0.6) is 0 Å². The predicted molar refractivity (Wildman–Crippen MR) is 95.0 cm³/mol. The van der Waals surface area contributed by atoms with E-state index in [1.807, 2.05) is 19.1 Å². The minimum atomic E-state index is -0.398. The molecule has 0 saturated carbocycles. The Morgan fingerprint density at radius 2 is 1.77 bits per heavy atom. The van der Waals surface area contributed by atoms with Crippen molar-refractivity contribution < 1.29 is 4.79 Å². The smallest absolute Gasteiger partial charge is 0.237 e. The molecule has 0 radical (unpaired) electrons. The fraction of sp³-hybridized carbons (Fsp3) is 0.588. The molecule has 1 rings (SSSR count). The summed E-state index contributed by atoms with van der Waals surface area (Å²) in [6, 6.07) is 7.87. The van der Waals surface area contributed by atoms with Gasteiger partial charge in [-0.05, 0) is 30.6 Å². The Kier molecular flexibility index (Phi) is 10.9. The van der Waals surface area contributed by atoms with Gasteiger partial charge >= 0.3 is 0 Å². The SMILES string of the molecule is CCCC(N)C(=O)NCc1ccccc1CN(CC)CC.Cl. The molecule has 1 unspecified atom stereocenters. The van der Waals surface area contributed by atoms with Crippen molar-refractivity contribution in [3.8, 4) is 0 Å². The molecule has 0 bridgehead atoms.